The second-order valence-corrected chi connectivity index (χ2v) is 2.28. The van der Waals surface area contributed by atoms with Crippen molar-refractivity contribution in [3.8, 4) is 12.3 Å². The minimum absolute atomic E-state index is 0.584. The summed E-state index contributed by atoms with van der Waals surface area (Å²) in [6.45, 7) is 0. The summed E-state index contributed by atoms with van der Waals surface area (Å²) in [5.74, 6) is 2.53. The van der Waals surface area contributed by atoms with Crippen molar-refractivity contribution in [1.82, 2.24) is 0 Å². The van der Waals surface area contributed by atoms with Crippen molar-refractivity contribution >= 4 is 6.21 Å². The number of benzene rings is 1. The Morgan fingerprint density at radius 1 is 1.75 bits per heavy atom. The van der Waals surface area contributed by atoms with Crippen molar-refractivity contribution in [2.45, 2.75) is 6.42 Å². The van der Waals surface area contributed by atoms with E-state index < -0.39 is 0 Å². The van der Waals surface area contributed by atoms with Crippen LogP contribution in [0.25, 0.3) is 0 Å². The zero-order valence-corrected chi connectivity index (χ0v) is 6.49. The van der Waals surface area contributed by atoms with Gasteiger partial charge in [-0.1, -0.05) is 17.3 Å². The highest BCUT2D eigenvalue weighted by molar-refractivity contribution is 5.78. The van der Waals surface area contributed by atoms with Gasteiger partial charge in [-0.3, -0.25) is 0 Å². The van der Waals surface area contributed by atoms with Gasteiger partial charge < -0.3 is 5.21 Å². The Kier molecular flexibility index (Phi) is 2.92. The van der Waals surface area contributed by atoms with Crippen LogP contribution in [-0.2, 0) is 6.42 Å². The molecule has 0 saturated heterocycles. The fourth-order valence-electron chi connectivity index (χ4n) is 0.899. The standard InChI is InChI=1S/C10H8NO/c1-2-4-9-5-3-6-10(7-9)8-11-12/h1,3,5,7-8,12H,4H2/b11-8-. The molecule has 0 heterocycles. The first-order valence-corrected chi connectivity index (χ1v) is 3.48. The molecule has 0 spiro atoms. The zero-order chi connectivity index (χ0) is 8.81. The smallest absolute Gasteiger partial charge is 0.0740 e. The van der Waals surface area contributed by atoms with E-state index in [1.54, 1.807) is 6.07 Å². The lowest BCUT2D eigenvalue weighted by Crippen LogP contribution is -1.86. The Labute approximate surface area is 71.5 Å². The Bertz CT molecular complexity index is 323. The first kappa shape index (κ1) is 8.35. The second kappa shape index (κ2) is 4.20. The van der Waals surface area contributed by atoms with Gasteiger partial charge in [-0.2, -0.15) is 0 Å². The lowest BCUT2D eigenvalue weighted by atomic mass is 10.1. The summed E-state index contributed by atoms with van der Waals surface area (Å²) in [4.78, 5) is 0. The van der Waals surface area contributed by atoms with Gasteiger partial charge in [0.15, 0.2) is 0 Å². The topological polar surface area (TPSA) is 32.6 Å². The lowest BCUT2D eigenvalue weighted by molar-refractivity contribution is 0.322. The molecule has 0 bridgehead atoms. The Morgan fingerprint density at radius 3 is 3.25 bits per heavy atom. The summed E-state index contributed by atoms with van der Waals surface area (Å²) in [5.41, 5.74) is 1.75. The Hall–Kier alpha value is -1.75. The molecule has 2 nitrogen and oxygen atoms in total. The molecule has 0 atom stereocenters. The monoisotopic (exact) mass is 158 g/mol. The van der Waals surface area contributed by atoms with Crippen LogP contribution in [0.15, 0.2) is 23.4 Å². The molecule has 0 aliphatic rings. The maximum absolute atomic E-state index is 8.25. The number of oxime groups is 1. The molecule has 1 aromatic rings. The van der Waals surface area contributed by atoms with Gasteiger partial charge in [-0.05, 0) is 17.7 Å². The van der Waals surface area contributed by atoms with E-state index in [0.29, 0.717) is 6.42 Å². The van der Waals surface area contributed by atoms with E-state index in [1.165, 1.54) is 6.21 Å². The molecule has 1 N–H and O–H groups in total. The Balaban J connectivity index is 2.89. The highest BCUT2D eigenvalue weighted by Gasteiger charge is 1.91. The van der Waals surface area contributed by atoms with Gasteiger partial charge >= 0.3 is 0 Å². The summed E-state index contributed by atoms with van der Waals surface area (Å²) in [6.07, 6.45) is 7.05. The molecule has 0 aromatic heterocycles. The number of rotatable bonds is 2. The normalized spacial score (nSPS) is 9.92. The van der Waals surface area contributed by atoms with Crippen LogP contribution < -0.4 is 0 Å². The van der Waals surface area contributed by atoms with Crippen molar-refractivity contribution in [2.24, 2.45) is 5.16 Å². The molecular formula is C10H8NO. The summed E-state index contributed by atoms with van der Waals surface area (Å²) in [6, 6.07) is 8.36. The molecule has 0 unspecified atom stereocenters. The average Bonchev–Trinajstić information content (AvgIpc) is 2.06. The molecule has 1 rings (SSSR count). The molecule has 0 amide bonds. The zero-order valence-electron chi connectivity index (χ0n) is 6.49. The quantitative estimate of drug-likeness (QED) is 0.300. The minimum Gasteiger partial charge on any atom is -0.411 e. The van der Waals surface area contributed by atoms with Crippen molar-refractivity contribution in [1.29, 1.82) is 0 Å². The molecule has 1 radical (unpaired) electrons. The van der Waals surface area contributed by atoms with Gasteiger partial charge in [0, 0.05) is 12.0 Å². The van der Waals surface area contributed by atoms with Crippen molar-refractivity contribution < 1.29 is 5.21 Å². The van der Waals surface area contributed by atoms with E-state index in [-0.39, 0.29) is 0 Å². The molecule has 12 heavy (non-hydrogen) atoms. The van der Waals surface area contributed by atoms with Gasteiger partial charge in [0.1, 0.15) is 0 Å². The van der Waals surface area contributed by atoms with Gasteiger partial charge in [-0.25, -0.2) is 0 Å². The first-order valence-electron chi connectivity index (χ1n) is 3.48. The van der Waals surface area contributed by atoms with E-state index >= 15 is 0 Å². The molecule has 59 valence electrons. The van der Waals surface area contributed by atoms with E-state index in [0.717, 1.165) is 11.1 Å². The van der Waals surface area contributed by atoms with E-state index in [9.17, 15) is 0 Å². The van der Waals surface area contributed by atoms with Gasteiger partial charge in [0.2, 0.25) is 0 Å². The van der Waals surface area contributed by atoms with Crippen LogP contribution in [0.3, 0.4) is 0 Å². The average molecular weight is 158 g/mol. The second-order valence-electron chi connectivity index (χ2n) is 2.28. The molecule has 2 heteroatoms. The van der Waals surface area contributed by atoms with Crippen LogP contribution in [0.5, 0.6) is 0 Å². The molecular weight excluding hydrogens is 150 g/mol. The first-order chi connectivity index (χ1) is 5.86. The molecule has 0 saturated carbocycles. The molecule has 0 aliphatic carbocycles. The van der Waals surface area contributed by atoms with Crippen LogP contribution in [0.1, 0.15) is 11.1 Å². The van der Waals surface area contributed by atoms with Crippen molar-refractivity contribution in [2.75, 3.05) is 0 Å². The van der Waals surface area contributed by atoms with Crippen LogP contribution in [0.2, 0.25) is 0 Å². The third-order valence-corrected chi connectivity index (χ3v) is 1.39. The maximum atomic E-state index is 8.25. The van der Waals surface area contributed by atoms with Crippen LogP contribution in [0.4, 0.5) is 0 Å². The van der Waals surface area contributed by atoms with E-state index in [2.05, 4.69) is 17.1 Å². The van der Waals surface area contributed by atoms with Crippen molar-refractivity contribution in [3.05, 3.63) is 35.4 Å². The summed E-state index contributed by atoms with van der Waals surface area (Å²) >= 11 is 0. The SMILES string of the molecule is C#CCc1cc[c]c(/C=N\O)c1. The maximum Gasteiger partial charge on any atom is 0.0740 e. The highest BCUT2D eigenvalue weighted by Crippen LogP contribution is 2.02. The van der Waals surface area contributed by atoms with E-state index in [4.69, 9.17) is 11.6 Å². The number of hydrogen-bond donors (Lipinski definition) is 1. The summed E-state index contributed by atoms with van der Waals surface area (Å²) in [5, 5.41) is 11.1. The number of hydrogen-bond acceptors (Lipinski definition) is 2. The summed E-state index contributed by atoms with van der Waals surface area (Å²) < 4.78 is 0. The fourth-order valence-corrected chi connectivity index (χ4v) is 0.899. The number of terminal acetylenes is 1. The Morgan fingerprint density at radius 2 is 2.58 bits per heavy atom. The fraction of sp³-hybridized carbons (Fsp3) is 0.100. The van der Waals surface area contributed by atoms with Gasteiger partial charge in [0.05, 0.1) is 6.21 Å². The van der Waals surface area contributed by atoms with Gasteiger partial charge in [-0.15, -0.1) is 12.3 Å². The highest BCUT2D eigenvalue weighted by atomic mass is 16.4. The van der Waals surface area contributed by atoms with Crippen LogP contribution in [-0.4, -0.2) is 11.4 Å². The molecule has 1 aromatic carbocycles. The van der Waals surface area contributed by atoms with E-state index in [1.807, 2.05) is 12.1 Å². The predicted molar refractivity (Wildman–Crippen MR) is 47.2 cm³/mol. The van der Waals surface area contributed by atoms with Crippen LogP contribution in [0, 0.1) is 18.4 Å². The third kappa shape index (κ3) is 2.14. The number of nitrogens with zero attached hydrogens (tertiary/aromatic N) is 1. The molecule has 0 aliphatic heterocycles. The summed E-state index contributed by atoms with van der Waals surface area (Å²) in [7, 11) is 0. The largest absolute Gasteiger partial charge is 0.411 e. The predicted octanol–water partition coefficient (Wildman–Crippen LogP) is 1.47. The minimum atomic E-state index is 0.584. The third-order valence-electron chi connectivity index (χ3n) is 1.39. The lowest BCUT2D eigenvalue weighted by Gasteiger charge is -1.95. The molecule has 0 fully saturated rings. The van der Waals surface area contributed by atoms with Crippen molar-refractivity contribution in [3.63, 3.8) is 0 Å². The van der Waals surface area contributed by atoms with Crippen LogP contribution >= 0.6 is 0 Å². The van der Waals surface area contributed by atoms with Gasteiger partial charge in [0.25, 0.3) is 0 Å².